The van der Waals surface area contributed by atoms with Gasteiger partial charge in [-0.15, -0.1) is 11.3 Å². The van der Waals surface area contributed by atoms with Gasteiger partial charge >= 0.3 is 0 Å². The highest BCUT2D eigenvalue weighted by Crippen LogP contribution is 2.20. The number of aryl methyl sites for hydroxylation is 2. The predicted octanol–water partition coefficient (Wildman–Crippen LogP) is 2.11. The van der Waals surface area contributed by atoms with E-state index < -0.39 is 0 Å². The molecule has 1 aromatic rings. The zero-order valence-electron chi connectivity index (χ0n) is 10.3. The summed E-state index contributed by atoms with van der Waals surface area (Å²) in [5.74, 6) is -0.0524. The van der Waals surface area contributed by atoms with Crippen molar-refractivity contribution in [1.82, 2.24) is 5.32 Å². The van der Waals surface area contributed by atoms with Gasteiger partial charge in [0.2, 0.25) is 0 Å². The highest BCUT2D eigenvalue weighted by atomic mass is 32.1. The number of amides is 1. The molecule has 1 heterocycles. The monoisotopic (exact) mass is 241 g/mol. The van der Waals surface area contributed by atoms with Gasteiger partial charge in [0.05, 0.1) is 5.56 Å². The van der Waals surface area contributed by atoms with E-state index in [1.165, 1.54) is 0 Å². The fraction of sp³-hybridized carbons (Fsp3) is 0.583. The Morgan fingerprint density at radius 3 is 2.56 bits per heavy atom. The minimum Gasteiger partial charge on any atom is -0.396 e. The summed E-state index contributed by atoms with van der Waals surface area (Å²) in [4.78, 5) is 14.0. The molecule has 16 heavy (non-hydrogen) atoms. The Hall–Kier alpha value is -0.870. The molecule has 0 radical (unpaired) electrons. The number of thiophene rings is 1. The lowest BCUT2D eigenvalue weighted by Crippen LogP contribution is -2.36. The first-order valence-electron chi connectivity index (χ1n) is 5.32. The van der Waals surface area contributed by atoms with Crippen molar-refractivity contribution in [1.29, 1.82) is 0 Å². The minimum atomic E-state index is -0.269. The number of hydrogen-bond acceptors (Lipinski definition) is 3. The molecule has 0 aromatic carbocycles. The molecule has 0 aliphatic rings. The van der Waals surface area contributed by atoms with Gasteiger partial charge in [-0.05, 0) is 19.9 Å². The van der Waals surface area contributed by atoms with E-state index in [4.69, 9.17) is 5.11 Å². The van der Waals surface area contributed by atoms with Crippen molar-refractivity contribution < 1.29 is 9.90 Å². The molecule has 2 N–H and O–H groups in total. The smallest absolute Gasteiger partial charge is 0.252 e. The van der Waals surface area contributed by atoms with Gasteiger partial charge in [-0.1, -0.05) is 13.8 Å². The Kier molecular flexibility index (Phi) is 4.10. The van der Waals surface area contributed by atoms with E-state index in [9.17, 15) is 4.79 Å². The summed E-state index contributed by atoms with van der Waals surface area (Å²) >= 11 is 1.63. The van der Waals surface area contributed by atoms with Crippen LogP contribution in [0, 0.1) is 19.3 Å². The van der Waals surface area contributed by atoms with Crippen LogP contribution in [0.2, 0.25) is 0 Å². The SMILES string of the molecule is Cc1cc(C(=O)NCC(C)(C)CO)c(C)s1. The largest absolute Gasteiger partial charge is 0.396 e. The second kappa shape index (κ2) is 4.97. The Morgan fingerprint density at radius 1 is 1.50 bits per heavy atom. The summed E-state index contributed by atoms with van der Waals surface area (Å²) < 4.78 is 0. The molecule has 0 spiro atoms. The zero-order chi connectivity index (χ0) is 12.3. The average molecular weight is 241 g/mol. The molecule has 0 aliphatic heterocycles. The molecule has 0 bridgehead atoms. The van der Waals surface area contributed by atoms with E-state index in [1.54, 1.807) is 11.3 Å². The van der Waals surface area contributed by atoms with Gasteiger partial charge in [0.25, 0.3) is 5.91 Å². The van der Waals surface area contributed by atoms with Crippen LogP contribution < -0.4 is 5.32 Å². The molecule has 1 aromatic heterocycles. The maximum Gasteiger partial charge on any atom is 0.252 e. The van der Waals surface area contributed by atoms with Crippen LogP contribution >= 0.6 is 11.3 Å². The van der Waals surface area contributed by atoms with Crippen LogP contribution in [-0.4, -0.2) is 24.2 Å². The second-order valence-corrected chi connectivity index (χ2v) is 6.29. The van der Waals surface area contributed by atoms with Crippen LogP contribution in [0.25, 0.3) is 0 Å². The highest BCUT2D eigenvalue weighted by Gasteiger charge is 2.19. The third-order valence-corrected chi connectivity index (χ3v) is 3.41. The molecular weight excluding hydrogens is 222 g/mol. The highest BCUT2D eigenvalue weighted by molar-refractivity contribution is 7.12. The van der Waals surface area contributed by atoms with Crippen molar-refractivity contribution in [2.45, 2.75) is 27.7 Å². The van der Waals surface area contributed by atoms with Crippen LogP contribution in [0.3, 0.4) is 0 Å². The molecule has 1 amide bonds. The van der Waals surface area contributed by atoms with Crippen molar-refractivity contribution in [2.24, 2.45) is 5.41 Å². The number of carbonyl (C=O) groups excluding carboxylic acids is 1. The van der Waals surface area contributed by atoms with Crippen molar-refractivity contribution in [3.63, 3.8) is 0 Å². The zero-order valence-corrected chi connectivity index (χ0v) is 11.1. The summed E-state index contributed by atoms with van der Waals surface area (Å²) in [6, 6.07) is 1.90. The van der Waals surface area contributed by atoms with Gasteiger partial charge in [-0.3, -0.25) is 4.79 Å². The lowest BCUT2D eigenvalue weighted by Gasteiger charge is -2.21. The minimum absolute atomic E-state index is 0.0524. The first kappa shape index (κ1) is 13.2. The number of aliphatic hydroxyl groups excluding tert-OH is 1. The Labute approximate surface area is 100 Å². The third kappa shape index (κ3) is 3.32. The van der Waals surface area contributed by atoms with E-state index in [0.29, 0.717) is 6.54 Å². The van der Waals surface area contributed by atoms with Gasteiger partial charge in [-0.2, -0.15) is 0 Å². The van der Waals surface area contributed by atoms with Crippen molar-refractivity contribution >= 4 is 17.2 Å². The quantitative estimate of drug-likeness (QED) is 0.848. The first-order valence-corrected chi connectivity index (χ1v) is 6.13. The van der Waals surface area contributed by atoms with E-state index in [0.717, 1.165) is 15.3 Å². The summed E-state index contributed by atoms with van der Waals surface area (Å²) in [6.45, 7) is 8.32. The standard InChI is InChI=1S/C12H19NO2S/c1-8-5-10(9(2)16-8)11(15)13-6-12(3,4)7-14/h5,14H,6-7H2,1-4H3,(H,13,15). The van der Waals surface area contributed by atoms with Crippen LogP contribution in [-0.2, 0) is 0 Å². The molecule has 4 heteroatoms. The number of rotatable bonds is 4. The molecule has 0 aliphatic carbocycles. The number of nitrogens with one attached hydrogen (secondary N) is 1. The normalized spacial score (nSPS) is 11.6. The van der Waals surface area contributed by atoms with Gasteiger partial charge < -0.3 is 10.4 Å². The van der Waals surface area contributed by atoms with Crippen LogP contribution in [0.5, 0.6) is 0 Å². The third-order valence-electron chi connectivity index (χ3n) is 2.44. The molecule has 0 saturated carbocycles. The molecular formula is C12H19NO2S. The van der Waals surface area contributed by atoms with Crippen LogP contribution in [0.15, 0.2) is 6.07 Å². The number of aliphatic hydroxyl groups is 1. The Bertz CT molecular complexity index is 382. The summed E-state index contributed by atoms with van der Waals surface area (Å²) in [5, 5.41) is 11.9. The Balaban J connectivity index is 2.63. The van der Waals surface area contributed by atoms with Crippen molar-refractivity contribution in [2.75, 3.05) is 13.2 Å². The number of carbonyl (C=O) groups is 1. The molecule has 0 fully saturated rings. The van der Waals surface area contributed by atoms with Gasteiger partial charge in [0.1, 0.15) is 0 Å². The van der Waals surface area contributed by atoms with E-state index >= 15 is 0 Å². The molecule has 0 unspecified atom stereocenters. The molecule has 0 saturated heterocycles. The maximum absolute atomic E-state index is 11.9. The fourth-order valence-corrected chi connectivity index (χ4v) is 2.25. The summed E-state index contributed by atoms with van der Waals surface area (Å²) in [6.07, 6.45) is 0. The summed E-state index contributed by atoms with van der Waals surface area (Å²) in [5.41, 5.74) is 0.477. The first-order chi connectivity index (χ1) is 7.35. The topological polar surface area (TPSA) is 49.3 Å². The maximum atomic E-state index is 11.9. The molecule has 1 rings (SSSR count). The lowest BCUT2D eigenvalue weighted by atomic mass is 9.95. The van der Waals surface area contributed by atoms with Crippen molar-refractivity contribution in [3.05, 3.63) is 21.4 Å². The average Bonchev–Trinajstić information content (AvgIpc) is 2.54. The van der Waals surface area contributed by atoms with Crippen LogP contribution in [0.4, 0.5) is 0 Å². The fourth-order valence-electron chi connectivity index (χ4n) is 1.33. The van der Waals surface area contributed by atoms with E-state index in [-0.39, 0.29) is 17.9 Å². The van der Waals surface area contributed by atoms with E-state index in [2.05, 4.69) is 5.32 Å². The Morgan fingerprint density at radius 2 is 2.12 bits per heavy atom. The predicted molar refractivity (Wildman–Crippen MR) is 67.0 cm³/mol. The van der Waals surface area contributed by atoms with Gasteiger partial charge in [0.15, 0.2) is 0 Å². The van der Waals surface area contributed by atoms with E-state index in [1.807, 2.05) is 33.8 Å². The van der Waals surface area contributed by atoms with Gasteiger partial charge in [-0.25, -0.2) is 0 Å². The van der Waals surface area contributed by atoms with Crippen LogP contribution in [0.1, 0.15) is 34.0 Å². The lowest BCUT2D eigenvalue weighted by molar-refractivity contribution is 0.0911. The molecule has 0 atom stereocenters. The van der Waals surface area contributed by atoms with Gasteiger partial charge in [0, 0.05) is 28.3 Å². The number of hydrogen-bond donors (Lipinski definition) is 2. The summed E-state index contributed by atoms with van der Waals surface area (Å²) in [7, 11) is 0. The molecule has 90 valence electrons. The van der Waals surface area contributed by atoms with Crippen molar-refractivity contribution in [3.8, 4) is 0 Å². The molecule has 3 nitrogen and oxygen atoms in total. The second-order valence-electron chi connectivity index (χ2n) is 4.83.